The lowest BCUT2D eigenvalue weighted by atomic mass is 9.99. The zero-order valence-electron chi connectivity index (χ0n) is 22.0. The van der Waals surface area contributed by atoms with Gasteiger partial charge in [0.1, 0.15) is 0 Å². The van der Waals surface area contributed by atoms with Crippen LogP contribution in [0.1, 0.15) is 27.0 Å². The van der Waals surface area contributed by atoms with E-state index < -0.39 is 23.0 Å². The van der Waals surface area contributed by atoms with Gasteiger partial charge in [-0.05, 0) is 30.7 Å². The Morgan fingerprint density at radius 3 is 2.27 bits per heavy atom. The summed E-state index contributed by atoms with van der Waals surface area (Å²) in [5, 5.41) is 16.1. The molecule has 10 nitrogen and oxygen atoms in total. The third-order valence-electron chi connectivity index (χ3n) is 6.61. The number of benzene rings is 4. The van der Waals surface area contributed by atoms with Gasteiger partial charge in [-0.25, -0.2) is 9.79 Å². The van der Waals surface area contributed by atoms with Gasteiger partial charge in [0.05, 0.1) is 22.9 Å². The van der Waals surface area contributed by atoms with E-state index in [1.54, 1.807) is 24.3 Å². The number of non-ortho nitro benzene ring substituents is 1. The third-order valence-corrected chi connectivity index (χ3v) is 6.61. The number of urea groups is 1. The lowest BCUT2D eigenvalue weighted by Gasteiger charge is -2.25. The Hall–Kier alpha value is -5.64. The van der Waals surface area contributed by atoms with Crippen molar-refractivity contribution in [1.82, 2.24) is 5.32 Å². The van der Waals surface area contributed by atoms with Crippen molar-refractivity contribution in [3.63, 3.8) is 0 Å². The van der Waals surface area contributed by atoms with Gasteiger partial charge in [0, 0.05) is 34.5 Å². The molecule has 0 saturated heterocycles. The molecule has 1 heterocycles. The second kappa shape index (κ2) is 11.6. The lowest BCUT2D eigenvalue weighted by Crippen LogP contribution is -2.50. The van der Waals surface area contributed by atoms with E-state index in [9.17, 15) is 24.5 Å². The molecule has 0 aromatic heterocycles. The van der Waals surface area contributed by atoms with Gasteiger partial charge in [-0.2, -0.15) is 0 Å². The summed E-state index contributed by atoms with van der Waals surface area (Å²) < 4.78 is 0. The number of fused-ring (bicyclic) bond motifs is 1. The first-order chi connectivity index (χ1) is 19.8. The highest BCUT2D eigenvalue weighted by atomic mass is 16.6. The number of nitro benzene ring substituents is 1. The zero-order valence-corrected chi connectivity index (χ0v) is 22.0. The Bertz CT molecular complexity index is 1670. The van der Waals surface area contributed by atoms with Crippen LogP contribution in [0.5, 0.6) is 0 Å². The molecule has 1 aliphatic heterocycles. The number of anilines is 2. The van der Waals surface area contributed by atoms with Crippen LogP contribution in [0.2, 0.25) is 0 Å². The van der Waals surface area contributed by atoms with E-state index in [2.05, 4.69) is 15.6 Å². The van der Waals surface area contributed by atoms with Crippen LogP contribution in [0, 0.1) is 17.0 Å². The predicted octanol–water partition coefficient (Wildman–Crippen LogP) is 5.12. The molecular formula is C31H25N5O5. The van der Waals surface area contributed by atoms with E-state index in [1.807, 2.05) is 61.5 Å². The molecular weight excluding hydrogens is 522 g/mol. The predicted molar refractivity (Wildman–Crippen MR) is 155 cm³/mol. The molecule has 204 valence electrons. The minimum atomic E-state index is -1.37. The lowest BCUT2D eigenvalue weighted by molar-refractivity contribution is -0.384. The topological polar surface area (TPSA) is 134 Å². The van der Waals surface area contributed by atoms with Crippen LogP contribution in [0.15, 0.2) is 108 Å². The Labute approximate surface area is 235 Å². The van der Waals surface area contributed by atoms with Crippen LogP contribution in [0.4, 0.5) is 21.9 Å². The van der Waals surface area contributed by atoms with Gasteiger partial charge in [0.25, 0.3) is 11.6 Å². The molecule has 0 spiro atoms. The molecule has 2 N–H and O–H groups in total. The molecule has 0 aliphatic carbocycles. The number of nitro groups is 1. The van der Waals surface area contributed by atoms with Crippen molar-refractivity contribution in [1.29, 1.82) is 0 Å². The maximum absolute atomic E-state index is 14.0. The minimum Gasteiger partial charge on any atom is -0.308 e. The number of aliphatic imine (C=N–C) groups is 1. The smallest absolute Gasteiger partial charge is 0.308 e. The van der Waals surface area contributed by atoms with E-state index in [0.717, 1.165) is 11.1 Å². The quantitative estimate of drug-likeness (QED) is 0.188. The summed E-state index contributed by atoms with van der Waals surface area (Å²) in [5.41, 5.74) is 3.75. The van der Waals surface area contributed by atoms with Crippen LogP contribution in [0.3, 0.4) is 0 Å². The molecule has 10 heteroatoms. The van der Waals surface area contributed by atoms with Crippen molar-refractivity contribution in [3.05, 3.63) is 135 Å². The second-order valence-electron chi connectivity index (χ2n) is 9.33. The molecule has 0 fully saturated rings. The fourth-order valence-corrected chi connectivity index (χ4v) is 4.58. The summed E-state index contributed by atoms with van der Waals surface area (Å²) in [7, 11) is 0. The summed E-state index contributed by atoms with van der Waals surface area (Å²) in [6.45, 7) is 1.56. The number of aryl methyl sites for hydroxylation is 1. The molecule has 1 aliphatic rings. The molecule has 4 aromatic rings. The number of Topliss-reactive ketones (excluding diaryl/α,β-unsaturated/α-hetero) is 1. The van der Waals surface area contributed by atoms with E-state index >= 15 is 0 Å². The number of ketones is 1. The summed E-state index contributed by atoms with van der Waals surface area (Å²) in [4.78, 5) is 56.9. The molecule has 3 amide bonds. The van der Waals surface area contributed by atoms with E-state index in [4.69, 9.17) is 0 Å². The fourth-order valence-electron chi connectivity index (χ4n) is 4.58. The molecule has 5 rings (SSSR count). The first-order valence-corrected chi connectivity index (χ1v) is 12.8. The van der Waals surface area contributed by atoms with E-state index in [1.165, 1.54) is 29.2 Å². The molecule has 1 atom stereocenters. The monoisotopic (exact) mass is 547 g/mol. The number of hydrogen-bond donors (Lipinski definition) is 2. The number of benzodiazepines with no additional fused rings is 1. The van der Waals surface area contributed by atoms with Crippen molar-refractivity contribution in [2.75, 3.05) is 16.8 Å². The number of para-hydroxylation sites is 1. The molecule has 0 saturated carbocycles. The average molecular weight is 548 g/mol. The summed E-state index contributed by atoms with van der Waals surface area (Å²) in [6, 6.07) is 28.1. The second-order valence-corrected chi connectivity index (χ2v) is 9.33. The summed E-state index contributed by atoms with van der Waals surface area (Å²) in [6.07, 6.45) is -1.37. The van der Waals surface area contributed by atoms with E-state index in [-0.39, 0.29) is 23.7 Å². The van der Waals surface area contributed by atoms with Gasteiger partial charge in [0.2, 0.25) is 6.17 Å². The zero-order chi connectivity index (χ0) is 28.9. The van der Waals surface area contributed by atoms with Crippen molar-refractivity contribution in [2.24, 2.45) is 4.99 Å². The fraction of sp³-hybridized carbons (Fsp3) is 0.0968. The van der Waals surface area contributed by atoms with Crippen LogP contribution in [0.25, 0.3) is 0 Å². The van der Waals surface area contributed by atoms with Gasteiger partial charge in [-0.1, -0.05) is 72.8 Å². The highest BCUT2D eigenvalue weighted by molar-refractivity contribution is 6.21. The number of amides is 3. The SMILES string of the molecule is Cc1ccccc1C(=O)CN1C(=O)[C@H](NC(=O)Nc2ccc([N+](=O)[O-])cc2)N=C(c2ccccc2)c2ccccc21. The van der Waals surface area contributed by atoms with Gasteiger partial charge in [0.15, 0.2) is 5.78 Å². The largest absolute Gasteiger partial charge is 0.321 e. The number of hydrogen-bond acceptors (Lipinski definition) is 6. The Kier molecular flexibility index (Phi) is 7.64. The van der Waals surface area contributed by atoms with Gasteiger partial charge < -0.3 is 15.5 Å². The number of rotatable bonds is 7. The number of carbonyl (C=O) groups excluding carboxylic acids is 3. The first kappa shape index (κ1) is 26.9. The number of carbonyl (C=O) groups is 3. The Morgan fingerprint density at radius 2 is 1.56 bits per heavy atom. The highest BCUT2D eigenvalue weighted by Gasteiger charge is 2.34. The normalized spacial score (nSPS) is 14.4. The highest BCUT2D eigenvalue weighted by Crippen LogP contribution is 2.29. The van der Waals surface area contributed by atoms with Crippen molar-refractivity contribution >= 4 is 40.5 Å². The van der Waals surface area contributed by atoms with Crippen LogP contribution < -0.4 is 15.5 Å². The van der Waals surface area contributed by atoms with Crippen LogP contribution in [-0.4, -0.2) is 41.1 Å². The molecule has 41 heavy (non-hydrogen) atoms. The average Bonchev–Trinajstić information content (AvgIpc) is 3.09. The summed E-state index contributed by atoms with van der Waals surface area (Å²) >= 11 is 0. The summed E-state index contributed by atoms with van der Waals surface area (Å²) in [5.74, 6) is -0.854. The maximum atomic E-state index is 14.0. The molecule has 4 aromatic carbocycles. The van der Waals surface area contributed by atoms with Gasteiger partial charge >= 0.3 is 6.03 Å². The first-order valence-electron chi connectivity index (χ1n) is 12.8. The minimum absolute atomic E-state index is 0.126. The van der Waals surface area contributed by atoms with E-state index in [0.29, 0.717) is 22.5 Å². The Morgan fingerprint density at radius 1 is 0.902 bits per heavy atom. The van der Waals surface area contributed by atoms with Gasteiger partial charge in [-0.3, -0.25) is 19.7 Å². The maximum Gasteiger partial charge on any atom is 0.321 e. The van der Waals surface area contributed by atoms with Crippen molar-refractivity contribution in [2.45, 2.75) is 13.1 Å². The standard InChI is InChI=1S/C31H25N5O5/c1-20-9-5-6-12-24(20)27(37)19-35-26-14-8-7-13-25(26)28(21-10-3-2-4-11-21)33-29(30(35)38)34-31(39)32-22-15-17-23(18-16-22)36(40)41/h2-18,29H,19H2,1H3,(H2,32,34,39)/t29-/m0/s1. The van der Waals surface area contributed by atoms with Crippen molar-refractivity contribution in [3.8, 4) is 0 Å². The molecule has 0 unspecified atom stereocenters. The van der Waals surface area contributed by atoms with Crippen molar-refractivity contribution < 1.29 is 19.3 Å². The van der Waals surface area contributed by atoms with Crippen LogP contribution in [-0.2, 0) is 4.79 Å². The molecule has 0 radical (unpaired) electrons. The van der Waals surface area contributed by atoms with Crippen LogP contribution >= 0.6 is 0 Å². The number of nitrogens with one attached hydrogen (secondary N) is 2. The Balaban J connectivity index is 1.51. The number of nitrogens with zero attached hydrogens (tertiary/aromatic N) is 3. The van der Waals surface area contributed by atoms with Gasteiger partial charge in [-0.15, -0.1) is 0 Å². The third kappa shape index (κ3) is 5.86. The molecule has 0 bridgehead atoms.